The molecule has 0 bridgehead atoms. The summed E-state index contributed by atoms with van der Waals surface area (Å²) in [5.41, 5.74) is 1.93. The first-order valence-electron chi connectivity index (χ1n) is 9.26. The molecule has 24 heavy (non-hydrogen) atoms. The van der Waals surface area contributed by atoms with E-state index in [1.807, 2.05) is 6.07 Å². The standard InChI is InChI=1S/C22H29NO/c1-3-15-22(24)16-20(17-11-7-5-8-12-17)23-21(19(22)4-2)18-13-9-6-10-14-18/h5-14,19-21,23-24H,3-4,15-16H2,1-2H3/t19-,20+,21-,22-/m0/s1. The summed E-state index contributed by atoms with van der Waals surface area (Å²) in [4.78, 5) is 0. The van der Waals surface area contributed by atoms with Crippen molar-refractivity contribution >= 4 is 0 Å². The van der Waals surface area contributed by atoms with Crippen molar-refractivity contribution in [3.63, 3.8) is 0 Å². The number of hydrogen-bond donors (Lipinski definition) is 2. The van der Waals surface area contributed by atoms with E-state index in [2.05, 4.69) is 73.8 Å². The largest absolute Gasteiger partial charge is 0.389 e. The van der Waals surface area contributed by atoms with Gasteiger partial charge in [0.2, 0.25) is 0 Å². The van der Waals surface area contributed by atoms with E-state index in [1.165, 1.54) is 11.1 Å². The molecule has 2 heteroatoms. The van der Waals surface area contributed by atoms with Crippen LogP contribution in [0.5, 0.6) is 0 Å². The topological polar surface area (TPSA) is 32.3 Å². The molecule has 2 nitrogen and oxygen atoms in total. The number of piperidine rings is 1. The van der Waals surface area contributed by atoms with Crippen molar-refractivity contribution in [3.8, 4) is 0 Å². The molecule has 0 aliphatic carbocycles. The molecule has 1 aliphatic rings. The first-order chi connectivity index (χ1) is 11.7. The van der Waals surface area contributed by atoms with Crippen LogP contribution in [0.3, 0.4) is 0 Å². The van der Waals surface area contributed by atoms with Crippen LogP contribution in [-0.2, 0) is 0 Å². The first kappa shape index (κ1) is 17.2. The molecule has 1 heterocycles. The van der Waals surface area contributed by atoms with Crippen molar-refractivity contribution in [1.29, 1.82) is 0 Å². The molecule has 2 N–H and O–H groups in total. The van der Waals surface area contributed by atoms with Gasteiger partial charge in [0.1, 0.15) is 0 Å². The van der Waals surface area contributed by atoms with Crippen LogP contribution in [0.1, 0.15) is 62.7 Å². The number of aliphatic hydroxyl groups is 1. The lowest BCUT2D eigenvalue weighted by atomic mass is 9.68. The van der Waals surface area contributed by atoms with Gasteiger partial charge in [0.05, 0.1) is 5.60 Å². The van der Waals surface area contributed by atoms with Crippen molar-refractivity contribution in [3.05, 3.63) is 71.8 Å². The summed E-state index contributed by atoms with van der Waals surface area (Å²) in [5.74, 6) is 0.236. The van der Waals surface area contributed by atoms with E-state index >= 15 is 0 Å². The van der Waals surface area contributed by atoms with E-state index in [4.69, 9.17) is 0 Å². The fraction of sp³-hybridized carbons (Fsp3) is 0.455. The van der Waals surface area contributed by atoms with Gasteiger partial charge in [-0.25, -0.2) is 0 Å². The van der Waals surface area contributed by atoms with Crippen LogP contribution in [0, 0.1) is 5.92 Å². The molecule has 1 fully saturated rings. The quantitative estimate of drug-likeness (QED) is 0.810. The monoisotopic (exact) mass is 323 g/mol. The maximum atomic E-state index is 11.6. The average Bonchev–Trinajstić information content (AvgIpc) is 2.62. The van der Waals surface area contributed by atoms with Crippen molar-refractivity contribution in [1.82, 2.24) is 5.32 Å². The van der Waals surface area contributed by atoms with Crippen molar-refractivity contribution < 1.29 is 5.11 Å². The van der Waals surface area contributed by atoms with Crippen molar-refractivity contribution in [2.45, 2.75) is 57.2 Å². The summed E-state index contributed by atoms with van der Waals surface area (Å²) < 4.78 is 0. The van der Waals surface area contributed by atoms with Crippen molar-refractivity contribution in [2.75, 3.05) is 0 Å². The third-order valence-electron chi connectivity index (χ3n) is 5.51. The molecule has 0 aromatic heterocycles. The third kappa shape index (κ3) is 3.40. The lowest BCUT2D eigenvalue weighted by Gasteiger charge is -2.49. The molecule has 2 aromatic carbocycles. The Morgan fingerprint density at radius 2 is 1.54 bits per heavy atom. The normalized spacial score (nSPS) is 30.2. The zero-order valence-electron chi connectivity index (χ0n) is 14.8. The third-order valence-corrected chi connectivity index (χ3v) is 5.51. The molecule has 2 aromatic rings. The van der Waals surface area contributed by atoms with Crippen LogP contribution < -0.4 is 5.32 Å². The zero-order chi connectivity index (χ0) is 17.0. The Morgan fingerprint density at radius 1 is 0.958 bits per heavy atom. The Kier molecular flexibility index (Phi) is 5.37. The van der Waals surface area contributed by atoms with Crippen LogP contribution in [0.4, 0.5) is 0 Å². The second kappa shape index (κ2) is 7.50. The summed E-state index contributed by atoms with van der Waals surface area (Å²) in [7, 11) is 0. The zero-order valence-corrected chi connectivity index (χ0v) is 14.8. The highest BCUT2D eigenvalue weighted by Gasteiger charge is 2.46. The summed E-state index contributed by atoms with van der Waals surface area (Å²) in [6, 6.07) is 21.5. The molecule has 128 valence electrons. The Balaban J connectivity index is 1.98. The van der Waals surface area contributed by atoms with Gasteiger partial charge in [0.25, 0.3) is 0 Å². The Hall–Kier alpha value is -1.64. The van der Waals surface area contributed by atoms with Gasteiger partial charge in [-0.15, -0.1) is 0 Å². The first-order valence-corrected chi connectivity index (χ1v) is 9.26. The molecule has 3 rings (SSSR count). The molecule has 0 amide bonds. The highest BCUT2D eigenvalue weighted by atomic mass is 16.3. The van der Waals surface area contributed by atoms with Crippen LogP contribution in [0.25, 0.3) is 0 Å². The van der Waals surface area contributed by atoms with E-state index in [-0.39, 0.29) is 18.0 Å². The van der Waals surface area contributed by atoms with E-state index in [0.29, 0.717) is 0 Å². The molecule has 1 aliphatic heterocycles. The second-order valence-electron chi connectivity index (χ2n) is 7.09. The lowest BCUT2D eigenvalue weighted by Crippen LogP contribution is -2.52. The maximum Gasteiger partial charge on any atom is 0.0711 e. The predicted octanol–water partition coefficient (Wildman–Crippen LogP) is 5.02. The molecular weight excluding hydrogens is 294 g/mol. The van der Waals surface area contributed by atoms with E-state index in [1.54, 1.807) is 0 Å². The van der Waals surface area contributed by atoms with Gasteiger partial charge in [-0.05, 0) is 30.4 Å². The second-order valence-corrected chi connectivity index (χ2v) is 7.09. The number of hydrogen-bond acceptors (Lipinski definition) is 2. The summed E-state index contributed by atoms with van der Waals surface area (Å²) in [6.45, 7) is 4.37. The molecular formula is C22H29NO. The molecule has 0 radical (unpaired) electrons. The minimum absolute atomic E-state index is 0.187. The fourth-order valence-corrected chi connectivity index (χ4v) is 4.43. The molecule has 0 saturated carbocycles. The highest BCUT2D eigenvalue weighted by molar-refractivity contribution is 5.26. The SMILES string of the molecule is CCC[C@]1(O)C[C@H](c2ccccc2)N[C@@H](c2ccccc2)[C@@H]1CC. The van der Waals surface area contributed by atoms with Gasteiger partial charge < -0.3 is 10.4 Å². The van der Waals surface area contributed by atoms with E-state index in [9.17, 15) is 5.11 Å². The Morgan fingerprint density at radius 3 is 2.08 bits per heavy atom. The van der Waals surface area contributed by atoms with Gasteiger partial charge in [-0.2, -0.15) is 0 Å². The van der Waals surface area contributed by atoms with Crippen LogP contribution in [-0.4, -0.2) is 10.7 Å². The summed E-state index contributed by atoms with van der Waals surface area (Å²) >= 11 is 0. The fourth-order valence-electron chi connectivity index (χ4n) is 4.43. The molecule has 0 spiro atoms. The molecule has 4 atom stereocenters. The van der Waals surface area contributed by atoms with Gasteiger partial charge in [-0.1, -0.05) is 80.9 Å². The Bertz CT molecular complexity index is 627. The number of nitrogens with one attached hydrogen (secondary N) is 1. The smallest absolute Gasteiger partial charge is 0.0711 e. The van der Waals surface area contributed by atoms with Gasteiger partial charge in [0.15, 0.2) is 0 Å². The minimum atomic E-state index is -0.615. The highest BCUT2D eigenvalue weighted by Crippen LogP contribution is 2.46. The van der Waals surface area contributed by atoms with Crippen LogP contribution in [0.2, 0.25) is 0 Å². The summed E-state index contributed by atoms with van der Waals surface area (Å²) in [5, 5.41) is 15.4. The maximum absolute atomic E-state index is 11.6. The minimum Gasteiger partial charge on any atom is -0.389 e. The Labute approximate surface area is 145 Å². The van der Waals surface area contributed by atoms with E-state index < -0.39 is 5.60 Å². The van der Waals surface area contributed by atoms with Crippen LogP contribution >= 0.6 is 0 Å². The molecule has 0 unspecified atom stereocenters. The van der Waals surface area contributed by atoms with E-state index in [0.717, 1.165) is 25.7 Å². The lowest BCUT2D eigenvalue weighted by molar-refractivity contribution is -0.0827. The number of benzene rings is 2. The van der Waals surface area contributed by atoms with Gasteiger partial charge >= 0.3 is 0 Å². The van der Waals surface area contributed by atoms with Gasteiger partial charge in [-0.3, -0.25) is 0 Å². The van der Waals surface area contributed by atoms with Crippen molar-refractivity contribution in [2.24, 2.45) is 5.92 Å². The van der Waals surface area contributed by atoms with Gasteiger partial charge in [0, 0.05) is 18.0 Å². The van der Waals surface area contributed by atoms with Crippen LogP contribution in [0.15, 0.2) is 60.7 Å². The number of rotatable bonds is 5. The summed E-state index contributed by atoms with van der Waals surface area (Å²) in [6.07, 6.45) is 3.63. The average molecular weight is 323 g/mol. The predicted molar refractivity (Wildman–Crippen MR) is 99.8 cm³/mol. The molecule has 1 saturated heterocycles.